The number of ether oxygens (including phenoxy) is 1. The molecule has 1 N–H and O–H groups in total. The molecule has 1 unspecified atom stereocenters. The maximum atomic E-state index is 13.5. The normalized spacial score (nSPS) is 17.7. The van der Waals surface area contributed by atoms with Crippen LogP contribution in [0.2, 0.25) is 0 Å². The van der Waals surface area contributed by atoms with E-state index in [4.69, 9.17) is 4.74 Å². The summed E-state index contributed by atoms with van der Waals surface area (Å²) in [6, 6.07) is 1.57. The van der Waals surface area contributed by atoms with Gasteiger partial charge in [0, 0.05) is 39.3 Å². The minimum Gasteiger partial charge on any atom is -0.489 e. The molecule has 2 rings (SSSR count). The fourth-order valence-electron chi connectivity index (χ4n) is 2.78. The minimum atomic E-state index is -4.24. The highest BCUT2D eigenvalue weighted by molar-refractivity contribution is 5.80. The third-order valence-corrected chi connectivity index (χ3v) is 4.38. The van der Waals surface area contributed by atoms with Gasteiger partial charge in [-0.3, -0.25) is 9.89 Å². The van der Waals surface area contributed by atoms with E-state index in [1.807, 2.05) is 4.90 Å². The van der Waals surface area contributed by atoms with Crippen LogP contribution in [0.25, 0.3) is 0 Å². The van der Waals surface area contributed by atoms with E-state index in [1.165, 1.54) is 11.0 Å². The maximum Gasteiger partial charge on any atom is 0.403 e. The molecule has 0 bridgehead atoms. The summed E-state index contributed by atoms with van der Waals surface area (Å²) in [7, 11) is 1.58. The highest BCUT2D eigenvalue weighted by Gasteiger charge is 2.41. The molecule has 1 aromatic carbocycles. The van der Waals surface area contributed by atoms with Gasteiger partial charge < -0.3 is 15.0 Å². The molecule has 0 amide bonds. The molecule has 0 aliphatic carbocycles. The van der Waals surface area contributed by atoms with Crippen molar-refractivity contribution in [3.8, 4) is 5.75 Å². The first-order chi connectivity index (χ1) is 12.7. The van der Waals surface area contributed by atoms with Gasteiger partial charge in [0.15, 0.2) is 17.5 Å². The molecule has 0 saturated carbocycles. The first-order valence-corrected chi connectivity index (χ1v) is 8.56. The molecular formula is C17H23F5N4O. The van der Waals surface area contributed by atoms with Crippen molar-refractivity contribution in [3.05, 3.63) is 29.8 Å². The molecule has 0 spiro atoms. The zero-order valence-corrected chi connectivity index (χ0v) is 15.2. The Hall–Kier alpha value is -2.10. The lowest BCUT2D eigenvalue weighted by atomic mass is 10.2. The van der Waals surface area contributed by atoms with Crippen molar-refractivity contribution in [2.45, 2.75) is 19.1 Å². The van der Waals surface area contributed by atoms with Gasteiger partial charge in [-0.05, 0) is 19.1 Å². The largest absolute Gasteiger partial charge is 0.489 e. The zero-order valence-electron chi connectivity index (χ0n) is 15.2. The molecule has 1 aliphatic heterocycles. The molecule has 1 atom stereocenters. The van der Waals surface area contributed by atoms with Crippen LogP contribution in [-0.2, 0) is 0 Å². The van der Waals surface area contributed by atoms with Gasteiger partial charge in [-0.25, -0.2) is 8.78 Å². The Morgan fingerprint density at radius 3 is 2.44 bits per heavy atom. The van der Waals surface area contributed by atoms with E-state index in [-0.39, 0.29) is 25.4 Å². The zero-order chi connectivity index (χ0) is 20.0. The van der Waals surface area contributed by atoms with Crippen molar-refractivity contribution in [1.82, 2.24) is 15.1 Å². The summed E-state index contributed by atoms with van der Waals surface area (Å²) in [5.74, 6) is -0.980. The van der Waals surface area contributed by atoms with Crippen LogP contribution in [0.5, 0.6) is 5.75 Å². The van der Waals surface area contributed by atoms with Crippen molar-refractivity contribution in [2.24, 2.45) is 4.99 Å². The molecule has 1 aliphatic rings. The van der Waals surface area contributed by atoms with E-state index in [0.29, 0.717) is 25.6 Å². The third-order valence-electron chi connectivity index (χ3n) is 4.38. The van der Waals surface area contributed by atoms with E-state index in [1.54, 1.807) is 7.05 Å². The van der Waals surface area contributed by atoms with Crippen LogP contribution in [0, 0.1) is 11.6 Å². The first kappa shape index (κ1) is 21.2. The SMILES string of the molecule is CN=C(NCCOc1ccc(F)cc1F)N1CCN(C(C)C(F)(F)F)CC1. The molecule has 10 heteroatoms. The highest BCUT2D eigenvalue weighted by atomic mass is 19.4. The van der Waals surface area contributed by atoms with Gasteiger partial charge in [0.1, 0.15) is 18.5 Å². The summed E-state index contributed by atoms with van der Waals surface area (Å²) < 4.78 is 70.0. The van der Waals surface area contributed by atoms with Gasteiger partial charge in [0.25, 0.3) is 0 Å². The lowest BCUT2D eigenvalue weighted by Gasteiger charge is -2.39. The van der Waals surface area contributed by atoms with E-state index in [2.05, 4.69) is 10.3 Å². The molecule has 1 heterocycles. The van der Waals surface area contributed by atoms with Crippen molar-refractivity contribution < 1.29 is 26.7 Å². The van der Waals surface area contributed by atoms with Crippen molar-refractivity contribution in [3.63, 3.8) is 0 Å². The molecule has 152 valence electrons. The highest BCUT2D eigenvalue weighted by Crippen LogP contribution is 2.25. The second-order valence-electron chi connectivity index (χ2n) is 6.14. The average Bonchev–Trinajstić information content (AvgIpc) is 2.62. The van der Waals surface area contributed by atoms with Crippen LogP contribution in [0.4, 0.5) is 22.0 Å². The number of halogens is 5. The van der Waals surface area contributed by atoms with Crippen LogP contribution < -0.4 is 10.1 Å². The van der Waals surface area contributed by atoms with E-state index in [0.717, 1.165) is 19.1 Å². The fourth-order valence-corrected chi connectivity index (χ4v) is 2.78. The predicted molar refractivity (Wildman–Crippen MR) is 91.9 cm³/mol. The molecule has 1 fully saturated rings. The standard InChI is InChI=1S/C17H23F5N4O/c1-12(17(20,21)22)25-6-8-26(9-7-25)16(23-2)24-5-10-27-15-4-3-13(18)11-14(15)19/h3-4,11-12H,5-10H2,1-2H3,(H,23,24). The third kappa shape index (κ3) is 5.95. The smallest absolute Gasteiger partial charge is 0.403 e. The van der Waals surface area contributed by atoms with Crippen LogP contribution in [0.3, 0.4) is 0 Å². The molecule has 1 saturated heterocycles. The Kier molecular flexibility index (Phi) is 7.23. The number of benzene rings is 1. The Morgan fingerprint density at radius 1 is 1.22 bits per heavy atom. The maximum absolute atomic E-state index is 13.5. The number of guanidine groups is 1. The van der Waals surface area contributed by atoms with Crippen molar-refractivity contribution in [2.75, 3.05) is 46.4 Å². The van der Waals surface area contributed by atoms with E-state index in [9.17, 15) is 22.0 Å². The Morgan fingerprint density at radius 2 is 1.89 bits per heavy atom. The number of nitrogens with zero attached hydrogens (tertiary/aromatic N) is 3. The number of nitrogens with one attached hydrogen (secondary N) is 1. The van der Waals surface area contributed by atoms with Gasteiger partial charge >= 0.3 is 6.18 Å². The quantitative estimate of drug-likeness (QED) is 0.361. The van der Waals surface area contributed by atoms with Crippen LogP contribution in [0.15, 0.2) is 23.2 Å². The first-order valence-electron chi connectivity index (χ1n) is 8.56. The molecule has 27 heavy (non-hydrogen) atoms. The summed E-state index contributed by atoms with van der Waals surface area (Å²) in [4.78, 5) is 7.37. The number of hydrogen-bond acceptors (Lipinski definition) is 3. The van der Waals surface area contributed by atoms with Gasteiger partial charge in [0.2, 0.25) is 0 Å². The van der Waals surface area contributed by atoms with Gasteiger partial charge in [-0.15, -0.1) is 0 Å². The van der Waals surface area contributed by atoms with Crippen LogP contribution >= 0.6 is 0 Å². The molecule has 1 aromatic rings. The number of piperazine rings is 1. The number of rotatable bonds is 5. The molecule has 0 aromatic heterocycles. The Bertz CT molecular complexity index is 645. The van der Waals surface area contributed by atoms with Gasteiger partial charge in [-0.2, -0.15) is 13.2 Å². The van der Waals surface area contributed by atoms with Crippen molar-refractivity contribution in [1.29, 1.82) is 0 Å². The van der Waals surface area contributed by atoms with E-state index >= 15 is 0 Å². The topological polar surface area (TPSA) is 40.1 Å². The predicted octanol–water partition coefficient (Wildman–Crippen LogP) is 2.49. The lowest BCUT2D eigenvalue weighted by molar-refractivity contribution is -0.181. The summed E-state index contributed by atoms with van der Waals surface area (Å²) >= 11 is 0. The summed E-state index contributed by atoms with van der Waals surface area (Å²) in [6.07, 6.45) is -4.24. The molecular weight excluding hydrogens is 371 g/mol. The molecule has 5 nitrogen and oxygen atoms in total. The summed E-state index contributed by atoms with van der Waals surface area (Å²) in [5.41, 5.74) is 0. The second-order valence-corrected chi connectivity index (χ2v) is 6.14. The van der Waals surface area contributed by atoms with Crippen LogP contribution in [-0.4, -0.2) is 74.4 Å². The van der Waals surface area contributed by atoms with Gasteiger partial charge in [0.05, 0.1) is 6.54 Å². The Balaban J connectivity index is 1.76. The minimum absolute atomic E-state index is 0.0528. The summed E-state index contributed by atoms with van der Waals surface area (Å²) in [6.45, 7) is 2.96. The average molecular weight is 394 g/mol. The lowest BCUT2D eigenvalue weighted by Crippen LogP contribution is -2.57. The van der Waals surface area contributed by atoms with Gasteiger partial charge in [-0.1, -0.05) is 0 Å². The number of alkyl halides is 3. The summed E-state index contributed by atoms with van der Waals surface area (Å²) in [5, 5.41) is 3.03. The van der Waals surface area contributed by atoms with Crippen molar-refractivity contribution >= 4 is 5.96 Å². The second kappa shape index (κ2) is 9.20. The number of aliphatic imine (C=N–C) groups is 1. The van der Waals surface area contributed by atoms with E-state index < -0.39 is 23.9 Å². The Labute approximate surface area is 154 Å². The molecule has 0 radical (unpaired) electrons. The monoisotopic (exact) mass is 394 g/mol. The fraction of sp³-hybridized carbons (Fsp3) is 0.588. The van der Waals surface area contributed by atoms with Crippen LogP contribution in [0.1, 0.15) is 6.92 Å². The number of hydrogen-bond donors (Lipinski definition) is 1.